The van der Waals surface area contributed by atoms with E-state index in [1.165, 1.54) is 18.4 Å². The summed E-state index contributed by atoms with van der Waals surface area (Å²) in [6.07, 6.45) is 4.64. The second-order valence-corrected chi connectivity index (χ2v) is 5.97. The number of hydrogen-bond donors (Lipinski definition) is 1. The van der Waals surface area contributed by atoms with Gasteiger partial charge in [-0.05, 0) is 31.5 Å². The summed E-state index contributed by atoms with van der Waals surface area (Å²) < 4.78 is 14.3. The van der Waals surface area contributed by atoms with Gasteiger partial charge in [0.2, 0.25) is 0 Å². The van der Waals surface area contributed by atoms with E-state index in [-0.39, 0.29) is 17.3 Å². The van der Waals surface area contributed by atoms with Crippen LogP contribution in [0.1, 0.15) is 42.9 Å². The lowest BCUT2D eigenvalue weighted by Crippen LogP contribution is -2.38. The predicted molar refractivity (Wildman–Crippen MR) is 84.8 cm³/mol. The van der Waals surface area contributed by atoms with Crippen LogP contribution < -0.4 is 5.32 Å². The van der Waals surface area contributed by atoms with Gasteiger partial charge in [0.1, 0.15) is 5.82 Å². The number of nitrogens with one attached hydrogen (secondary N) is 1. The fourth-order valence-corrected chi connectivity index (χ4v) is 3.96. The summed E-state index contributed by atoms with van der Waals surface area (Å²) in [5.41, 5.74) is 2.11. The lowest BCUT2D eigenvalue weighted by atomic mass is 9.70. The van der Waals surface area contributed by atoms with Crippen LogP contribution in [0.25, 0.3) is 0 Å². The standard InChI is InChI=1S/C19H22FN/c1-21-18(16-11-5-6-12-17(16)20)19(13-7-8-14-19)15-9-3-2-4-10-15/h2-6,9-12,18,21H,7-8,13-14H2,1H3. The molecule has 1 nitrogen and oxygen atoms in total. The SMILES string of the molecule is CNC(c1ccccc1F)C1(c2ccccc2)CCCC1. The molecule has 21 heavy (non-hydrogen) atoms. The molecular formula is C19H22FN. The average Bonchev–Trinajstić information content (AvgIpc) is 3.01. The van der Waals surface area contributed by atoms with Crippen molar-refractivity contribution in [1.82, 2.24) is 5.32 Å². The van der Waals surface area contributed by atoms with Gasteiger partial charge in [-0.25, -0.2) is 4.39 Å². The van der Waals surface area contributed by atoms with Crippen LogP contribution in [0, 0.1) is 5.82 Å². The molecule has 1 atom stereocenters. The summed E-state index contributed by atoms with van der Waals surface area (Å²) in [5, 5.41) is 3.40. The molecule has 0 amide bonds. The van der Waals surface area contributed by atoms with Gasteiger partial charge >= 0.3 is 0 Å². The largest absolute Gasteiger partial charge is 0.312 e. The molecule has 1 fully saturated rings. The molecular weight excluding hydrogens is 261 g/mol. The molecule has 1 unspecified atom stereocenters. The van der Waals surface area contributed by atoms with E-state index in [1.807, 2.05) is 25.2 Å². The number of halogens is 1. The lowest BCUT2D eigenvalue weighted by Gasteiger charge is -2.38. The molecule has 2 aromatic carbocycles. The maximum absolute atomic E-state index is 14.3. The normalized spacial score (nSPS) is 18.6. The Labute approximate surface area is 126 Å². The van der Waals surface area contributed by atoms with Gasteiger partial charge in [0, 0.05) is 17.0 Å². The lowest BCUT2D eigenvalue weighted by molar-refractivity contribution is 0.308. The minimum absolute atomic E-state index is 0.00178. The van der Waals surface area contributed by atoms with Gasteiger partial charge in [-0.15, -0.1) is 0 Å². The summed E-state index contributed by atoms with van der Waals surface area (Å²) in [5.74, 6) is -0.112. The second-order valence-electron chi connectivity index (χ2n) is 5.97. The van der Waals surface area contributed by atoms with E-state index < -0.39 is 0 Å². The topological polar surface area (TPSA) is 12.0 Å². The number of benzene rings is 2. The van der Waals surface area contributed by atoms with Gasteiger partial charge in [-0.1, -0.05) is 61.4 Å². The van der Waals surface area contributed by atoms with Crippen molar-refractivity contribution in [1.29, 1.82) is 0 Å². The molecule has 0 aliphatic heterocycles. The fraction of sp³-hybridized carbons (Fsp3) is 0.368. The molecule has 2 aromatic rings. The van der Waals surface area contributed by atoms with Crippen molar-refractivity contribution in [3.8, 4) is 0 Å². The third-order valence-corrected chi connectivity index (χ3v) is 4.90. The molecule has 3 rings (SSSR count). The molecule has 0 heterocycles. The Morgan fingerprint density at radius 3 is 2.19 bits per heavy atom. The first kappa shape index (κ1) is 14.3. The van der Waals surface area contributed by atoms with E-state index in [2.05, 4.69) is 29.6 Å². The van der Waals surface area contributed by atoms with E-state index in [4.69, 9.17) is 0 Å². The van der Waals surface area contributed by atoms with Crippen LogP contribution in [-0.2, 0) is 5.41 Å². The van der Waals surface area contributed by atoms with Crippen molar-refractivity contribution in [3.63, 3.8) is 0 Å². The highest BCUT2D eigenvalue weighted by atomic mass is 19.1. The van der Waals surface area contributed by atoms with Gasteiger partial charge in [0.25, 0.3) is 0 Å². The Morgan fingerprint density at radius 2 is 1.57 bits per heavy atom. The fourth-order valence-electron chi connectivity index (χ4n) is 3.96. The van der Waals surface area contributed by atoms with E-state index >= 15 is 0 Å². The van der Waals surface area contributed by atoms with Gasteiger partial charge < -0.3 is 5.32 Å². The van der Waals surface area contributed by atoms with Gasteiger partial charge in [-0.2, -0.15) is 0 Å². The van der Waals surface area contributed by atoms with Crippen molar-refractivity contribution >= 4 is 0 Å². The van der Waals surface area contributed by atoms with Gasteiger partial charge in [-0.3, -0.25) is 0 Å². The molecule has 0 aromatic heterocycles. The molecule has 2 heteroatoms. The smallest absolute Gasteiger partial charge is 0.128 e. The molecule has 1 aliphatic carbocycles. The third kappa shape index (κ3) is 2.49. The van der Waals surface area contributed by atoms with Crippen molar-refractivity contribution in [2.75, 3.05) is 7.05 Å². The minimum atomic E-state index is -0.112. The summed E-state index contributed by atoms with van der Waals surface area (Å²) in [4.78, 5) is 0. The molecule has 1 N–H and O–H groups in total. The molecule has 0 saturated heterocycles. The van der Waals surface area contributed by atoms with E-state index in [1.54, 1.807) is 12.1 Å². The van der Waals surface area contributed by atoms with Crippen molar-refractivity contribution in [2.45, 2.75) is 37.1 Å². The number of likely N-dealkylation sites (N-methyl/N-ethyl adjacent to an activating group) is 1. The molecule has 0 radical (unpaired) electrons. The molecule has 1 saturated carbocycles. The van der Waals surface area contributed by atoms with Crippen molar-refractivity contribution < 1.29 is 4.39 Å². The molecule has 110 valence electrons. The Hall–Kier alpha value is -1.67. The van der Waals surface area contributed by atoms with Crippen LogP contribution in [0.3, 0.4) is 0 Å². The monoisotopic (exact) mass is 283 g/mol. The maximum Gasteiger partial charge on any atom is 0.128 e. The maximum atomic E-state index is 14.3. The minimum Gasteiger partial charge on any atom is -0.312 e. The van der Waals surface area contributed by atoms with Crippen LogP contribution in [0.5, 0.6) is 0 Å². The van der Waals surface area contributed by atoms with E-state index in [0.717, 1.165) is 18.4 Å². The Balaban J connectivity index is 2.10. The van der Waals surface area contributed by atoms with E-state index in [9.17, 15) is 4.39 Å². The van der Waals surface area contributed by atoms with Crippen LogP contribution in [0.2, 0.25) is 0 Å². The third-order valence-electron chi connectivity index (χ3n) is 4.90. The van der Waals surface area contributed by atoms with Crippen molar-refractivity contribution in [3.05, 3.63) is 71.5 Å². The Morgan fingerprint density at radius 1 is 0.952 bits per heavy atom. The quantitative estimate of drug-likeness (QED) is 0.864. The zero-order valence-corrected chi connectivity index (χ0v) is 12.5. The van der Waals surface area contributed by atoms with Gasteiger partial charge in [0.05, 0.1) is 0 Å². The summed E-state index contributed by atoms with van der Waals surface area (Å²) in [6, 6.07) is 17.8. The highest BCUT2D eigenvalue weighted by Crippen LogP contribution is 2.49. The first-order valence-electron chi connectivity index (χ1n) is 7.75. The second kappa shape index (κ2) is 5.98. The summed E-state index contributed by atoms with van der Waals surface area (Å²) in [6.45, 7) is 0. The van der Waals surface area contributed by atoms with Crippen LogP contribution in [-0.4, -0.2) is 7.05 Å². The Bertz CT molecular complexity index is 588. The predicted octanol–water partition coefficient (Wildman–Crippen LogP) is 4.60. The highest BCUT2D eigenvalue weighted by Gasteiger charge is 2.43. The first-order chi connectivity index (χ1) is 10.3. The van der Waals surface area contributed by atoms with Crippen LogP contribution >= 0.6 is 0 Å². The summed E-state index contributed by atoms with van der Waals surface area (Å²) >= 11 is 0. The summed E-state index contributed by atoms with van der Waals surface area (Å²) in [7, 11) is 1.94. The zero-order chi connectivity index (χ0) is 14.7. The number of hydrogen-bond acceptors (Lipinski definition) is 1. The van der Waals surface area contributed by atoms with Crippen LogP contribution in [0.4, 0.5) is 4.39 Å². The Kier molecular flexibility index (Phi) is 4.07. The highest BCUT2D eigenvalue weighted by molar-refractivity contribution is 5.35. The first-order valence-corrected chi connectivity index (χ1v) is 7.75. The van der Waals surface area contributed by atoms with Gasteiger partial charge in [0.15, 0.2) is 0 Å². The molecule has 1 aliphatic rings. The molecule has 0 bridgehead atoms. The number of rotatable bonds is 4. The average molecular weight is 283 g/mol. The van der Waals surface area contributed by atoms with E-state index in [0.29, 0.717) is 0 Å². The zero-order valence-electron chi connectivity index (χ0n) is 12.5. The molecule has 0 spiro atoms. The van der Waals surface area contributed by atoms with Crippen LogP contribution in [0.15, 0.2) is 54.6 Å². The van der Waals surface area contributed by atoms with Crippen molar-refractivity contribution in [2.24, 2.45) is 0 Å².